The second-order valence-electron chi connectivity index (χ2n) is 3.53. The summed E-state index contributed by atoms with van der Waals surface area (Å²) in [5.41, 5.74) is 1.11. The normalized spacial score (nSPS) is 9.81. The first kappa shape index (κ1) is 12.5. The average molecular weight is 222 g/mol. The van der Waals surface area contributed by atoms with Gasteiger partial charge in [-0.2, -0.15) is 0 Å². The molecular weight excluding hydrogens is 204 g/mol. The van der Waals surface area contributed by atoms with E-state index in [1.165, 1.54) is 0 Å². The lowest BCUT2D eigenvalue weighted by Crippen LogP contribution is -2.26. The molecule has 16 heavy (non-hydrogen) atoms. The fraction of sp³-hybridized carbons (Fsp3) is 0.500. The van der Waals surface area contributed by atoms with Crippen molar-refractivity contribution in [1.82, 2.24) is 10.3 Å². The summed E-state index contributed by atoms with van der Waals surface area (Å²) < 4.78 is 4.95. The fourth-order valence-corrected chi connectivity index (χ4v) is 1.22. The predicted molar refractivity (Wildman–Crippen MR) is 62.2 cm³/mol. The van der Waals surface area contributed by atoms with E-state index in [4.69, 9.17) is 4.74 Å². The zero-order chi connectivity index (χ0) is 11.6. The van der Waals surface area contributed by atoms with Gasteiger partial charge in [0.05, 0.1) is 6.61 Å². The molecule has 0 unspecified atom stereocenters. The van der Waals surface area contributed by atoms with Gasteiger partial charge in [0, 0.05) is 18.9 Å². The van der Waals surface area contributed by atoms with Crippen LogP contribution in [-0.2, 0) is 11.2 Å². The van der Waals surface area contributed by atoms with E-state index in [-0.39, 0.29) is 6.09 Å². The molecule has 0 aromatic carbocycles. The Labute approximate surface area is 96.0 Å². The molecule has 0 saturated carbocycles. The number of rotatable bonds is 6. The van der Waals surface area contributed by atoms with Gasteiger partial charge in [-0.3, -0.25) is 4.98 Å². The van der Waals surface area contributed by atoms with Crippen LogP contribution in [0.1, 0.15) is 25.3 Å². The Kier molecular flexibility index (Phi) is 5.99. The van der Waals surface area contributed by atoms with E-state index in [1.54, 1.807) is 12.4 Å². The molecule has 1 N–H and O–H groups in total. The number of unbranched alkanes of at least 4 members (excludes halogenated alkanes) is 1. The first-order valence-electron chi connectivity index (χ1n) is 5.62. The predicted octanol–water partition coefficient (Wildman–Crippen LogP) is 2.15. The molecule has 1 aromatic rings. The zero-order valence-electron chi connectivity index (χ0n) is 9.61. The highest BCUT2D eigenvalue weighted by atomic mass is 16.5. The number of pyridine rings is 1. The third-order valence-electron chi connectivity index (χ3n) is 2.14. The maximum absolute atomic E-state index is 11.2. The number of amides is 1. The van der Waals surface area contributed by atoms with Crippen LogP contribution in [0.4, 0.5) is 4.79 Å². The number of aromatic nitrogens is 1. The van der Waals surface area contributed by atoms with Crippen molar-refractivity contribution in [2.24, 2.45) is 0 Å². The number of carbonyl (C=O) groups excluding carboxylic acids is 1. The highest BCUT2D eigenvalue weighted by Gasteiger charge is 2.00. The standard InChI is InChI=1S/C12H18N2O2/c1-2-3-9-16-12(15)14-8-6-11-5-4-7-13-10-11/h4-5,7,10H,2-3,6,8-9H2,1H3,(H,14,15). The lowest BCUT2D eigenvalue weighted by atomic mass is 10.2. The molecule has 88 valence electrons. The van der Waals surface area contributed by atoms with Crippen LogP contribution in [-0.4, -0.2) is 24.2 Å². The van der Waals surface area contributed by atoms with Crippen molar-refractivity contribution in [1.29, 1.82) is 0 Å². The molecule has 0 aliphatic heterocycles. The van der Waals surface area contributed by atoms with Gasteiger partial charge in [0.25, 0.3) is 0 Å². The maximum atomic E-state index is 11.2. The van der Waals surface area contributed by atoms with Gasteiger partial charge in [-0.1, -0.05) is 19.4 Å². The summed E-state index contributed by atoms with van der Waals surface area (Å²) in [5.74, 6) is 0. The minimum atomic E-state index is -0.336. The van der Waals surface area contributed by atoms with Crippen LogP contribution >= 0.6 is 0 Å². The van der Waals surface area contributed by atoms with Crippen molar-refractivity contribution >= 4 is 6.09 Å². The number of nitrogens with one attached hydrogen (secondary N) is 1. The van der Waals surface area contributed by atoms with Gasteiger partial charge >= 0.3 is 6.09 Å². The quantitative estimate of drug-likeness (QED) is 0.750. The molecule has 0 radical (unpaired) electrons. The van der Waals surface area contributed by atoms with E-state index in [0.29, 0.717) is 13.2 Å². The Morgan fingerprint density at radius 1 is 1.56 bits per heavy atom. The summed E-state index contributed by atoms with van der Waals surface area (Å²) in [6.45, 7) is 3.13. The fourth-order valence-electron chi connectivity index (χ4n) is 1.22. The van der Waals surface area contributed by atoms with Gasteiger partial charge in [-0.15, -0.1) is 0 Å². The molecule has 0 bridgehead atoms. The van der Waals surface area contributed by atoms with Gasteiger partial charge in [0.2, 0.25) is 0 Å². The van der Waals surface area contributed by atoms with E-state index in [1.807, 2.05) is 12.1 Å². The number of ether oxygens (including phenoxy) is 1. The number of alkyl carbamates (subject to hydrolysis) is 1. The van der Waals surface area contributed by atoms with E-state index in [0.717, 1.165) is 24.8 Å². The number of nitrogens with zero attached hydrogens (tertiary/aromatic N) is 1. The number of carbonyl (C=O) groups is 1. The molecule has 1 rings (SSSR count). The Morgan fingerprint density at radius 2 is 2.44 bits per heavy atom. The van der Waals surface area contributed by atoms with Gasteiger partial charge in [-0.05, 0) is 24.5 Å². The first-order valence-corrected chi connectivity index (χ1v) is 5.62. The summed E-state index contributed by atoms with van der Waals surface area (Å²) in [6, 6.07) is 3.87. The molecule has 0 saturated heterocycles. The maximum Gasteiger partial charge on any atom is 0.407 e. The molecule has 0 aliphatic rings. The second-order valence-corrected chi connectivity index (χ2v) is 3.53. The molecule has 0 spiro atoms. The van der Waals surface area contributed by atoms with Crippen molar-refractivity contribution < 1.29 is 9.53 Å². The van der Waals surface area contributed by atoms with Crippen LogP contribution in [0.2, 0.25) is 0 Å². The first-order chi connectivity index (χ1) is 7.83. The van der Waals surface area contributed by atoms with Crippen molar-refractivity contribution in [3.05, 3.63) is 30.1 Å². The van der Waals surface area contributed by atoms with E-state index in [2.05, 4.69) is 17.2 Å². The minimum absolute atomic E-state index is 0.336. The van der Waals surface area contributed by atoms with Gasteiger partial charge in [0.1, 0.15) is 0 Å². The lowest BCUT2D eigenvalue weighted by Gasteiger charge is -2.06. The van der Waals surface area contributed by atoms with E-state index in [9.17, 15) is 4.79 Å². The van der Waals surface area contributed by atoms with Crippen LogP contribution in [0.15, 0.2) is 24.5 Å². The summed E-state index contributed by atoms with van der Waals surface area (Å²) >= 11 is 0. The molecule has 4 heteroatoms. The third kappa shape index (κ3) is 5.34. The Balaban J connectivity index is 2.09. The average Bonchev–Trinajstić information content (AvgIpc) is 2.31. The number of hydrogen-bond acceptors (Lipinski definition) is 3. The summed E-state index contributed by atoms with van der Waals surface area (Å²) in [7, 11) is 0. The summed E-state index contributed by atoms with van der Waals surface area (Å²) in [6.07, 6.45) is 5.91. The van der Waals surface area contributed by atoms with E-state index < -0.39 is 0 Å². The lowest BCUT2D eigenvalue weighted by molar-refractivity contribution is 0.144. The minimum Gasteiger partial charge on any atom is -0.450 e. The van der Waals surface area contributed by atoms with Crippen LogP contribution in [0, 0.1) is 0 Å². The van der Waals surface area contributed by atoms with Crippen molar-refractivity contribution in [3.63, 3.8) is 0 Å². The van der Waals surface area contributed by atoms with Crippen LogP contribution in [0.5, 0.6) is 0 Å². The van der Waals surface area contributed by atoms with Crippen LogP contribution in [0.25, 0.3) is 0 Å². The van der Waals surface area contributed by atoms with Crippen molar-refractivity contribution in [2.75, 3.05) is 13.2 Å². The van der Waals surface area contributed by atoms with Crippen LogP contribution < -0.4 is 5.32 Å². The Hall–Kier alpha value is -1.58. The molecule has 0 atom stereocenters. The monoisotopic (exact) mass is 222 g/mol. The molecule has 1 aromatic heterocycles. The zero-order valence-corrected chi connectivity index (χ0v) is 9.61. The van der Waals surface area contributed by atoms with Gasteiger partial charge in [-0.25, -0.2) is 4.79 Å². The third-order valence-corrected chi connectivity index (χ3v) is 2.14. The Morgan fingerprint density at radius 3 is 3.12 bits per heavy atom. The molecule has 0 aliphatic carbocycles. The highest BCUT2D eigenvalue weighted by Crippen LogP contribution is 1.95. The Bertz CT molecular complexity index is 301. The van der Waals surface area contributed by atoms with Gasteiger partial charge in [0.15, 0.2) is 0 Å². The largest absolute Gasteiger partial charge is 0.450 e. The molecule has 4 nitrogen and oxygen atoms in total. The van der Waals surface area contributed by atoms with Gasteiger partial charge < -0.3 is 10.1 Å². The molecule has 1 heterocycles. The molecule has 1 amide bonds. The molecular formula is C12H18N2O2. The SMILES string of the molecule is CCCCOC(=O)NCCc1cccnc1. The second kappa shape index (κ2) is 7.68. The van der Waals surface area contributed by atoms with E-state index >= 15 is 0 Å². The summed E-state index contributed by atoms with van der Waals surface area (Å²) in [4.78, 5) is 15.2. The van der Waals surface area contributed by atoms with Crippen LogP contribution in [0.3, 0.4) is 0 Å². The topological polar surface area (TPSA) is 51.2 Å². The summed E-state index contributed by atoms with van der Waals surface area (Å²) in [5, 5.41) is 2.70. The molecule has 0 fully saturated rings. The number of hydrogen-bond donors (Lipinski definition) is 1. The van der Waals surface area contributed by atoms with Crippen molar-refractivity contribution in [2.45, 2.75) is 26.2 Å². The highest BCUT2D eigenvalue weighted by molar-refractivity contribution is 5.67. The smallest absolute Gasteiger partial charge is 0.407 e. The van der Waals surface area contributed by atoms with Crippen molar-refractivity contribution in [3.8, 4) is 0 Å².